The van der Waals surface area contributed by atoms with Crippen molar-refractivity contribution in [3.8, 4) is 0 Å². The number of likely N-dealkylation sites (tertiary alicyclic amines) is 1. The van der Waals surface area contributed by atoms with Gasteiger partial charge in [0.05, 0.1) is 5.56 Å². The van der Waals surface area contributed by atoms with Gasteiger partial charge in [0, 0.05) is 23.7 Å². The van der Waals surface area contributed by atoms with Gasteiger partial charge in [-0.1, -0.05) is 37.5 Å². The molecule has 4 heteroatoms. The van der Waals surface area contributed by atoms with E-state index in [1.54, 1.807) is 11.3 Å². The van der Waals surface area contributed by atoms with Gasteiger partial charge in [0.1, 0.15) is 0 Å². The van der Waals surface area contributed by atoms with Crippen molar-refractivity contribution >= 4 is 22.9 Å². The molecule has 160 valence electrons. The van der Waals surface area contributed by atoms with Gasteiger partial charge in [0.15, 0.2) is 0 Å². The van der Waals surface area contributed by atoms with Crippen LogP contribution in [0.1, 0.15) is 68.1 Å². The molecule has 1 aromatic carbocycles. The maximum Gasteiger partial charge on any atom is 0.259 e. The number of hydrogen-bond acceptors (Lipinski definition) is 3. The topological polar surface area (TPSA) is 23.6 Å². The van der Waals surface area contributed by atoms with Crippen LogP contribution >= 0.6 is 11.3 Å². The highest BCUT2D eigenvalue weighted by Gasteiger charge is 2.49. The molecule has 3 fully saturated rings. The Balaban J connectivity index is 1.21. The number of benzene rings is 1. The fraction of sp³-hybridized carbons (Fsp3) is 0.577. The third-order valence-corrected chi connectivity index (χ3v) is 8.56. The van der Waals surface area contributed by atoms with Crippen molar-refractivity contribution < 1.29 is 4.79 Å². The average molecular weight is 423 g/mol. The lowest BCUT2D eigenvalue weighted by atomic mass is 9.59. The molecule has 1 aromatic heterocycles. The molecule has 2 saturated carbocycles. The van der Waals surface area contributed by atoms with E-state index in [1.807, 2.05) is 35.0 Å². The van der Waals surface area contributed by atoms with E-state index < -0.39 is 0 Å². The fourth-order valence-corrected chi connectivity index (χ4v) is 6.71. The van der Waals surface area contributed by atoms with Gasteiger partial charge in [-0.05, 0) is 86.5 Å². The minimum atomic E-state index is 0.164. The molecule has 0 atom stereocenters. The third-order valence-electron chi connectivity index (χ3n) is 7.88. The second-order valence-electron chi connectivity index (χ2n) is 9.89. The molecule has 30 heavy (non-hydrogen) atoms. The number of amides is 1. The Morgan fingerprint density at radius 2 is 1.77 bits per heavy atom. The minimum Gasteiger partial charge on any atom is -0.305 e. The summed E-state index contributed by atoms with van der Waals surface area (Å²) in [6, 6.07) is 12.6. The maximum atomic E-state index is 13.3. The number of para-hydroxylation sites is 1. The predicted molar refractivity (Wildman–Crippen MR) is 125 cm³/mol. The lowest BCUT2D eigenvalue weighted by Gasteiger charge is -2.55. The summed E-state index contributed by atoms with van der Waals surface area (Å²) in [5.74, 6) is 1.11. The van der Waals surface area contributed by atoms with E-state index in [0.29, 0.717) is 11.5 Å². The zero-order valence-corrected chi connectivity index (χ0v) is 18.8. The number of anilines is 1. The molecular formula is C26H34N2OS. The monoisotopic (exact) mass is 422 g/mol. The van der Waals surface area contributed by atoms with E-state index in [2.05, 4.69) is 21.9 Å². The summed E-state index contributed by atoms with van der Waals surface area (Å²) in [6.07, 6.45) is 12.2. The molecule has 1 spiro atoms. The molecule has 1 aliphatic heterocycles. The first-order chi connectivity index (χ1) is 14.7. The molecule has 2 aliphatic carbocycles. The molecule has 2 heterocycles. The highest BCUT2D eigenvalue weighted by atomic mass is 32.1. The molecule has 1 saturated heterocycles. The molecule has 5 rings (SSSR count). The van der Waals surface area contributed by atoms with E-state index in [1.165, 1.54) is 64.6 Å². The quantitative estimate of drug-likeness (QED) is 0.571. The van der Waals surface area contributed by atoms with Crippen molar-refractivity contribution in [1.82, 2.24) is 4.90 Å². The van der Waals surface area contributed by atoms with Crippen molar-refractivity contribution in [2.45, 2.75) is 63.8 Å². The Kier molecular flexibility index (Phi) is 5.97. The van der Waals surface area contributed by atoms with Crippen LogP contribution in [0.3, 0.4) is 0 Å². The van der Waals surface area contributed by atoms with Gasteiger partial charge in [0.2, 0.25) is 0 Å². The van der Waals surface area contributed by atoms with E-state index in [4.69, 9.17) is 0 Å². The summed E-state index contributed by atoms with van der Waals surface area (Å²) in [5, 5.41) is 3.98. The van der Waals surface area contributed by atoms with Gasteiger partial charge in [-0.15, -0.1) is 0 Å². The Morgan fingerprint density at radius 1 is 1.03 bits per heavy atom. The molecule has 0 bridgehead atoms. The maximum absolute atomic E-state index is 13.3. The number of carbonyl (C=O) groups is 1. The number of nitrogens with zero attached hydrogens (tertiary/aromatic N) is 2. The van der Waals surface area contributed by atoms with Crippen LogP contribution in [0.4, 0.5) is 5.69 Å². The summed E-state index contributed by atoms with van der Waals surface area (Å²) in [5.41, 5.74) is 2.34. The first-order valence-corrected chi connectivity index (χ1v) is 12.8. The summed E-state index contributed by atoms with van der Waals surface area (Å²) in [7, 11) is 0. The highest BCUT2D eigenvalue weighted by Crippen LogP contribution is 2.52. The smallest absolute Gasteiger partial charge is 0.259 e. The molecule has 3 aliphatic rings. The number of rotatable bonds is 5. The van der Waals surface area contributed by atoms with E-state index >= 15 is 0 Å². The van der Waals surface area contributed by atoms with Crippen LogP contribution in [-0.4, -0.2) is 36.5 Å². The molecule has 0 radical (unpaired) electrons. The Hall–Kier alpha value is -1.65. The number of thiophene rings is 1. The van der Waals surface area contributed by atoms with Crippen molar-refractivity contribution in [3.05, 3.63) is 52.7 Å². The zero-order valence-electron chi connectivity index (χ0n) is 18.0. The lowest BCUT2D eigenvalue weighted by Crippen LogP contribution is -2.57. The van der Waals surface area contributed by atoms with Crippen LogP contribution in [0, 0.1) is 11.3 Å². The number of piperidine rings is 1. The Labute approximate surface area is 185 Å². The van der Waals surface area contributed by atoms with Gasteiger partial charge >= 0.3 is 0 Å². The van der Waals surface area contributed by atoms with Crippen LogP contribution in [0.25, 0.3) is 0 Å². The molecule has 0 unspecified atom stereocenters. The van der Waals surface area contributed by atoms with Gasteiger partial charge in [0.25, 0.3) is 5.91 Å². The van der Waals surface area contributed by atoms with E-state index in [0.717, 1.165) is 30.0 Å². The van der Waals surface area contributed by atoms with E-state index in [9.17, 15) is 4.79 Å². The van der Waals surface area contributed by atoms with Gasteiger partial charge in [-0.3, -0.25) is 4.79 Å². The zero-order chi connectivity index (χ0) is 20.4. The molecular weight excluding hydrogens is 388 g/mol. The van der Waals surface area contributed by atoms with Gasteiger partial charge in [-0.25, -0.2) is 0 Å². The summed E-state index contributed by atoms with van der Waals surface area (Å²) < 4.78 is 0. The van der Waals surface area contributed by atoms with Crippen molar-refractivity contribution in [3.63, 3.8) is 0 Å². The summed E-state index contributed by atoms with van der Waals surface area (Å²) in [6.45, 7) is 3.84. The predicted octanol–water partition coefficient (Wildman–Crippen LogP) is 6.22. The van der Waals surface area contributed by atoms with Crippen LogP contribution in [0.5, 0.6) is 0 Å². The standard InChI is InChI=1S/C26H34N2OS/c29-25(22-11-16-30-20-22)28(23-9-5-2-6-10-23)24-17-26(18-24)12-14-27(15-13-26)19-21-7-3-1-4-8-21/h2,5-6,9-11,16,20-21,24H,1,3-4,7-8,12-15,17-19H2. The van der Waals surface area contributed by atoms with Crippen LogP contribution in [0.15, 0.2) is 47.2 Å². The SMILES string of the molecule is O=C(c1ccsc1)N(c1ccccc1)C1CC2(CCN(CC3CCCCC3)CC2)C1. The number of carbonyl (C=O) groups excluding carboxylic acids is 1. The van der Waals surface area contributed by atoms with Crippen LogP contribution in [-0.2, 0) is 0 Å². The van der Waals surface area contributed by atoms with Crippen molar-refractivity contribution in [2.75, 3.05) is 24.5 Å². The lowest BCUT2D eigenvalue weighted by molar-refractivity contribution is 0.00912. The first kappa shape index (κ1) is 20.3. The molecule has 2 aromatic rings. The minimum absolute atomic E-state index is 0.164. The van der Waals surface area contributed by atoms with Crippen LogP contribution < -0.4 is 4.90 Å². The molecule has 1 amide bonds. The molecule has 3 nitrogen and oxygen atoms in total. The van der Waals surface area contributed by atoms with Crippen molar-refractivity contribution in [2.24, 2.45) is 11.3 Å². The van der Waals surface area contributed by atoms with E-state index in [-0.39, 0.29) is 5.91 Å². The summed E-state index contributed by atoms with van der Waals surface area (Å²) in [4.78, 5) is 18.1. The largest absolute Gasteiger partial charge is 0.305 e. The Bertz CT molecular complexity index is 812. The first-order valence-electron chi connectivity index (χ1n) is 11.9. The van der Waals surface area contributed by atoms with Gasteiger partial charge < -0.3 is 9.80 Å². The van der Waals surface area contributed by atoms with Gasteiger partial charge in [-0.2, -0.15) is 11.3 Å². The summed E-state index contributed by atoms with van der Waals surface area (Å²) >= 11 is 1.60. The van der Waals surface area contributed by atoms with Crippen LogP contribution in [0.2, 0.25) is 0 Å². The average Bonchev–Trinajstić information content (AvgIpc) is 3.30. The second kappa shape index (κ2) is 8.84. The normalized spacial score (nSPS) is 22.7. The Morgan fingerprint density at radius 3 is 2.43 bits per heavy atom. The third kappa shape index (κ3) is 4.22. The molecule has 0 N–H and O–H groups in total. The number of hydrogen-bond donors (Lipinski definition) is 0. The van der Waals surface area contributed by atoms with Crippen molar-refractivity contribution in [1.29, 1.82) is 0 Å². The fourth-order valence-electron chi connectivity index (χ4n) is 6.08. The second-order valence-corrected chi connectivity index (χ2v) is 10.7. The highest BCUT2D eigenvalue weighted by molar-refractivity contribution is 7.08.